The molecule has 0 fully saturated rings. The lowest BCUT2D eigenvalue weighted by molar-refractivity contribution is -0.165. The third-order valence-electron chi connectivity index (χ3n) is 4.41. The van der Waals surface area contributed by atoms with E-state index in [1.54, 1.807) is 6.07 Å². The molecule has 0 aliphatic carbocycles. The van der Waals surface area contributed by atoms with Gasteiger partial charge in [-0.25, -0.2) is 4.79 Å². The average Bonchev–Trinajstić information content (AvgIpc) is 3.15. The molecule has 1 heterocycles. The molecule has 1 aliphatic rings. The first kappa shape index (κ1) is 21.1. The average molecular weight is 418 g/mol. The molecule has 0 bridgehead atoms. The summed E-state index contributed by atoms with van der Waals surface area (Å²) >= 11 is 0. The highest BCUT2D eigenvalue weighted by Gasteiger charge is 2.36. The fourth-order valence-corrected chi connectivity index (χ4v) is 2.97. The first-order valence-electron chi connectivity index (χ1n) is 8.96. The second-order valence-electron chi connectivity index (χ2n) is 6.39. The lowest BCUT2D eigenvalue weighted by Gasteiger charge is -2.17. The molecule has 156 valence electrons. The Balaban J connectivity index is 1.62. The smallest absolute Gasteiger partial charge is 0.452 e. The van der Waals surface area contributed by atoms with Crippen LogP contribution in [0.5, 0.6) is 0 Å². The van der Waals surface area contributed by atoms with Crippen molar-refractivity contribution >= 4 is 29.0 Å². The maximum atomic E-state index is 12.4. The molecule has 0 spiro atoms. The van der Waals surface area contributed by atoms with E-state index in [2.05, 4.69) is 5.32 Å². The molecule has 2 aromatic carbocycles. The van der Waals surface area contributed by atoms with E-state index < -0.39 is 24.5 Å². The van der Waals surface area contributed by atoms with E-state index in [0.717, 1.165) is 17.5 Å². The number of rotatable bonds is 6. The molecule has 0 saturated carbocycles. The van der Waals surface area contributed by atoms with Crippen molar-refractivity contribution in [3.63, 3.8) is 0 Å². The summed E-state index contributed by atoms with van der Waals surface area (Å²) in [7, 11) is 0. The summed E-state index contributed by atoms with van der Waals surface area (Å²) < 4.78 is 41.8. The number of ether oxygens (including phenoxy) is 1. The summed E-state index contributed by atoms with van der Waals surface area (Å²) in [5, 5.41) is 2.46. The maximum absolute atomic E-state index is 12.4. The number of hydrogen-bond donors (Lipinski definition) is 1. The minimum atomic E-state index is -4.98. The molecule has 1 amide bonds. The number of carbonyl (C=O) groups is 3. The van der Waals surface area contributed by atoms with Crippen LogP contribution < -0.4 is 10.2 Å². The summed E-state index contributed by atoms with van der Waals surface area (Å²) in [5.74, 6) is -3.24. The fraction of sp³-hybridized carbons (Fsp3) is 0.190. The van der Waals surface area contributed by atoms with Gasteiger partial charge < -0.3 is 15.0 Å². The lowest BCUT2D eigenvalue weighted by Crippen LogP contribution is -2.33. The molecular formula is C21H17F3N2O4. The van der Waals surface area contributed by atoms with Gasteiger partial charge in [-0.2, -0.15) is 13.2 Å². The van der Waals surface area contributed by atoms with E-state index in [9.17, 15) is 27.6 Å². The molecule has 2 aromatic rings. The van der Waals surface area contributed by atoms with Crippen molar-refractivity contribution in [3.05, 3.63) is 71.9 Å². The second kappa shape index (κ2) is 8.81. The predicted octanol–water partition coefficient (Wildman–Crippen LogP) is 3.49. The zero-order chi connectivity index (χ0) is 21.7. The Kier molecular flexibility index (Phi) is 6.20. The number of benzene rings is 2. The summed E-state index contributed by atoms with van der Waals surface area (Å²) in [5.41, 5.74) is 1.95. The van der Waals surface area contributed by atoms with Crippen LogP contribution in [0.15, 0.2) is 60.8 Å². The van der Waals surface area contributed by atoms with E-state index >= 15 is 0 Å². The van der Waals surface area contributed by atoms with Crippen LogP contribution in [0.2, 0.25) is 0 Å². The molecule has 0 atom stereocenters. The minimum absolute atomic E-state index is 0.0104. The van der Waals surface area contributed by atoms with Crippen LogP contribution in [0.25, 0.3) is 0 Å². The van der Waals surface area contributed by atoms with E-state index in [4.69, 9.17) is 4.74 Å². The Morgan fingerprint density at radius 1 is 1.07 bits per heavy atom. The van der Waals surface area contributed by atoms with Gasteiger partial charge in [0.05, 0.1) is 11.3 Å². The second-order valence-corrected chi connectivity index (χ2v) is 6.39. The molecule has 30 heavy (non-hydrogen) atoms. The first-order chi connectivity index (χ1) is 14.3. The number of nitrogens with one attached hydrogen (secondary N) is 1. The van der Waals surface area contributed by atoms with Crippen molar-refractivity contribution in [2.75, 3.05) is 23.4 Å². The van der Waals surface area contributed by atoms with Gasteiger partial charge in [0.2, 0.25) is 0 Å². The summed E-state index contributed by atoms with van der Waals surface area (Å²) in [6, 6.07) is 13.3. The fourth-order valence-electron chi connectivity index (χ4n) is 2.97. The molecule has 9 heteroatoms. The van der Waals surface area contributed by atoms with Gasteiger partial charge >= 0.3 is 12.1 Å². The standard InChI is InChI=1S/C21H17F3N2O4/c22-21(23,24)18(27)9-11-25-16-7-3-2-6-15(16)20(29)30-13-19(28)26-12-10-14-5-1-4-8-17(14)26/h1-9,11,25H,10,12-13H2. The number of anilines is 2. The molecule has 1 N–H and O–H groups in total. The van der Waals surface area contributed by atoms with Crippen LogP contribution in [0.1, 0.15) is 15.9 Å². The Morgan fingerprint density at radius 2 is 1.77 bits per heavy atom. The normalized spacial score (nSPS) is 13.2. The number of allylic oxidation sites excluding steroid dienone is 1. The number of fused-ring (bicyclic) bond motifs is 1. The van der Waals surface area contributed by atoms with E-state index in [1.807, 2.05) is 24.3 Å². The Hall–Kier alpha value is -3.62. The van der Waals surface area contributed by atoms with Crippen LogP contribution in [-0.2, 0) is 20.7 Å². The maximum Gasteiger partial charge on any atom is 0.454 e. The van der Waals surface area contributed by atoms with Crippen molar-refractivity contribution in [2.24, 2.45) is 0 Å². The summed E-state index contributed by atoms with van der Waals surface area (Å²) in [4.78, 5) is 37.2. The number of carbonyl (C=O) groups excluding carboxylic acids is 3. The van der Waals surface area contributed by atoms with Crippen molar-refractivity contribution in [1.29, 1.82) is 0 Å². The summed E-state index contributed by atoms with van der Waals surface area (Å²) in [6.07, 6.45) is -3.17. The molecule has 6 nitrogen and oxygen atoms in total. The highest BCUT2D eigenvalue weighted by molar-refractivity contribution is 6.00. The van der Waals surface area contributed by atoms with Crippen LogP contribution in [0, 0.1) is 0 Å². The van der Waals surface area contributed by atoms with Crippen molar-refractivity contribution in [3.8, 4) is 0 Å². The highest BCUT2D eigenvalue weighted by atomic mass is 19.4. The Bertz CT molecular complexity index is 1000. The zero-order valence-electron chi connectivity index (χ0n) is 15.6. The number of nitrogens with zero attached hydrogens (tertiary/aromatic N) is 1. The third kappa shape index (κ3) is 4.86. The number of ketones is 1. The Morgan fingerprint density at radius 3 is 2.53 bits per heavy atom. The third-order valence-corrected chi connectivity index (χ3v) is 4.41. The van der Waals surface area contributed by atoms with Crippen LogP contribution in [0.4, 0.5) is 24.5 Å². The zero-order valence-corrected chi connectivity index (χ0v) is 15.6. The number of amides is 1. The molecule has 3 rings (SSSR count). The van der Waals surface area contributed by atoms with Crippen LogP contribution >= 0.6 is 0 Å². The molecule has 0 aromatic heterocycles. The number of alkyl halides is 3. The van der Waals surface area contributed by atoms with Gasteiger partial charge in [-0.3, -0.25) is 9.59 Å². The van der Waals surface area contributed by atoms with E-state index in [0.29, 0.717) is 19.0 Å². The SMILES string of the molecule is O=C(OCC(=O)N1CCc2ccccc21)c1ccccc1NC=CC(=O)C(F)(F)F. The number of para-hydroxylation sites is 2. The van der Waals surface area contributed by atoms with Gasteiger partial charge in [-0.15, -0.1) is 0 Å². The van der Waals surface area contributed by atoms with Gasteiger partial charge in [-0.05, 0) is 30.2 Å². The highest BCUT2D eigenvalue weighted by Crippen LogP contribution is 2.27. The largest absolute Gasteiger partial charge is 0.454 e. The van der Waals surface area contributed by atoms with Crippen molar-refractivity contribution < 1.29 is 32.3 Å². The van der Waals surface area contributed by atoms with Crippen LogP contribution in [-0.4, -0.2) is 37.0 Å². The van der Waals surface area contributed by atoms with Gasteiger partial charge in [0.1, 0.15) is 0 Å². The molecule has 1 aliphatic heterocycles. The molecule has 0 unspecified atom stereocenters. The molecule has 0 saturated heterocycles. The number of halogens is 3. The van der Waals surface area contributed by atoms with Crippen molar-refractivity contribution in [1.82, 2.24) is 0 Å². The quantitative estimate of drug-likeness (QED) is 0.574. The summed E-state index contributed by atoms with van der Waals surface area (Å²) in [6.45, 7) is 0.00972. The topological polar surface area (TPSA) is 75.7 Å². The number of hydrogen-bond acceptors (Lipinski definition) is 5. The molecular weight excluding hydrogens is 401 g/mol. The minimum Gasteiger partial charge on any atom is -0.452 e. The number of esters is 1. The van der Waals surface area contributed by atoms with Crippen molar-refractivity contribution in [2.45, 2.75) is 12.6 Å². The van der Waals surface area contributed by atoms with Gasteiger partial charge in [0.25, 0.3) is 11.7 Å². The van der Waals surface area contributed by atoms with Gasteiger partial charge in [0, 0.05) is 24.5 Å². The van der Waals surface area contributed by atoms with E-state index in [-0.39, 0.29) is 17.2 Å². The van der Waals surface area contributed by atoms with E-state index in [1.165, 1.54) is 23.1 Å². The molecule has 0 radical (unpaired) electrons. The van der Waals surface area contributed by atoms with Gasteiger partial charge in [-0.1, -0.05) is 30.3 Å². The monoisotopic (exact) mass is 418 g/mol. The Labute approximate surface area is 169 Å². The lowest BCUT2D eigenvalue weighted by atomic mass is 10.2. The van der Waals surface area contributed by atoms with Gasteiger partial charge in [0.15, 0.2) is 6.61 Å². The predicted molar refractivity (Wildman–Crippen MR) is 103 cm³/mol. The first-order valence-corrected chi connectivity index (χ1v) is 8.96. The van der Waals surface area contributed by atoms with Crippen LogP contribution in [0.3, 0.4) is 0 Å².